The topological polar surface area (TPSA) is 27.8 Å². The first-order valence-electron chi connectivity index (χ1n) is 5.61. The van der Waals surface area contributed by atoms with E-state index in [9.17, 15) is 0 Å². The van der Waals surface area contributed by atoms with Gasteiger partial charge in [0.15, 0.2) is 0 Å². The van der Waals surface area contributed by atoms with Gasteiger partial charge >= 0.3 is 0 Å². The molecule has 2 N–H and O–H groups in total. The average molecular weight is 236 g/mol. The van der Waals surface area contributed by atoms with Crippen LogP contribution in [0.3, 0.4) is 0 Å². The van der Waals surface area contributed by atoms with E-state index in [0.717, 1.165) is 6.42 Å². The number of fused-ring (bicyclic) bond motifs is 3. The number of H-pyrrole nitrogens is 1. The van der Waals surface area contributed by atoms with E-state index in [-0.39, 0.29) is 12.4 Å². The lowest BCUT2D eigenvalue weighted by Gasteiger charge is -2.26. The molecule has 0 amide bonds. The van der Waals surface area contributed by atoms with Gasteiger partial charge in [0, 0.05) is 28.7 Å². The van der Waals surface area contributed by atoms with Crippen LogP contribution >= 0.6 is 0 Å². The number of rotatable bonds is 0. The molecule has 2 aromatic rings. The standard InChI is InChI=1S/C13H16N2.ClH/c1-8-7-11-10-5-3-4-6-12(10)15-13(11)9(2)14-8;/h3-6,8-9,14-15H,7H2,1-2H3;1H/p-1. The van der Waals surface area contributed by atoms with Crippen LogP contribution in [-0.4, -0.2) is 11.0 Å². The van der Waals surface area contributed by atoms with Crippen LogP contribution in [0.1, 0.15) is 31.1 Å². The lowest BCUT2D eigenvalue weighted by molar-refractivity contribution is -0.00000337. The summed E-state index contributed by atoms with van der Waals surface area (Å²) in [6.45, 7) is 4.48. The fourth-order valence-electron chi connectivity index (χ4n) is 2.69. The van der Waals surface area contributed by atoms with Crippen LogP contribution in [0.25, 0.3) is 10.9 Å². The molecule has 1 aliphatic heterocycles. The minimum atomic E-state index is 0. The third-order valence-corrected chi connectivity index (χ3v) is 3.32. The zero-order chi connectivity index (χ0) is 10.4. The Morgan fingerprint density at radius 1 is 1.19 bits per heavy atom. The predicted octanol–water partition coefficient (Wildman–Crippen LogP) is -0.233. The minimum absolute atomic E-state index is 0. The highest BCUT2D eigenvalue weighted by molar-refractivity contribution is 5.85. The molecule has 1 aromatic carbocycles. The fraction of sp³-hybridized carbons (Fsp3) is 0.385. The Kier molecular flexibility index (Phi) is 2.96. The second-order valence-corrected chi connectivity index (χ2v) is 4.56. The Bertz CT molecular complexity index is 504. The van der Waals surface area contributed by atoms with Crippen LogP contribution in [0, 0.1) is 0 Å². The lowest BCUT2D eigenvalue weighted by atomic mass is 9.96. The molecule has 2 heterocycles. The van der Waals surface area contributed by atoms with Gasteiger partial charge in [0.25, 0.3) is 0 Å². The number of benzene rings is 1. The molecule has 0 radical (unpaired) electrons. The molecule has 0 aliphatic carbocycles. The van der Waals surface area contributed by atoms with Crippen molar-refractivity contribution in [1.29, 1.82) is 0 Å². The number of aromatic nitrogens is 1. The van der Waals surface area contributed by atoms with Gasteiger partial charge in [0.1, 0.15) is 0 Å². The lowest BCUT2D eigenvalue weighted by Crippen LogP contribution is -3.00. The summed E-state index contributed by atoms with van der Waals surface area (Å²) in [4.78, 5) is 3.52. The first kappa shape index (κ1) is 11.5. The summed E-state index contributed by atoms with van der Waals surface area (Å²) in [7, 11) is 0. The van der Waals surface area contributed by atoms with Crippen molar-refractivity contribution in [3.8, 4) is 0 Å². The number of para-hydroxylation sites is 1. The molecular weight excluding hydrogens is 220 g/mol. The van der Waals surface area contributed by atoms with Gasteiger partial charge in [-0.25, -0.2) is 0 Å². The molecule has 16 heavy (non-hydrogen) atoms. The molecule has 3 heteroatoms. The number of hydrogen-bond acceptors (Lipinski definition) is 1. The Balaban J connectivity index is 0.000000963. The maximum Gasteiger partial charge on any atom is 0.0459 e. The average Bonchev–Trinajstić information content (AvgIpc) is 2.57. The van der Waals surface area contributed by atoms with Crippen LogP contribution in [-0.2, 0) is 6.42 Å². The second-order valence-electron chi connectivity index (χ2n) is 4.56. The van der Waals surface area contributed by atoms with Gasteiger partial charge in [-0.15, -0.1) is 0 Å². The van der Waals surface area contributed by atoms with Crippen molar-refractivity contribution in [2.24, 2.45) is 0 Å². The fourth-order valence-corrected chi connectivity index (χ4v) is 2.69. The third-order valence-electron chi connectivity index (χ3n) is 3.32. The van der Waals surface area contributed by atoms with Gasteiger partial charge in [0.2, 0.25) is 0 Å². The van der Waals surface area contributed by atoms with E-state index >= 15 is 0 Å². The van der Waals surface area contributed by atoms with Crippen molar-refractivity contribution < 1.29 is 12.4 Å². The second kappa shape index (κ2) is 4.11. The van der Waals surface area contributed by atoms with Crippen LogP contribution < -0.4 is 17.7 Å². The summed E-state index contributed by atoms with van der Waals surface area (Å²) in [5.74, 6) is 0. The van der Waals surface area contributed by atoms with Gasteiger partial charge in [-0.05, 0) is 31.9 Å². The molecular formula is C13H16ClN2-. The molecule has 0 saturated carbocycles. The molecule has 0 bridgehead atoms. The zero-order valence-corrected chi connectivity index (χ0v) is 10.3. The zero-order valence-electron chi connectivity index (χ0n) is 9.55. The molecule has 3 rings (SSSR count). The highest BCUT2D eigenvalue weighted by atomic mass is 35.5. The van der Waals surface area contributed by atoms with Crippen LogP contribution in [0.4, 0.5) is 0 Å². The normalized spacial score (nSPS) is 23.9. The summed E-state index contributed by atoms with van der Waals surface area (Å²) >= 11 is 0. The Morgan fingerprint density at radius 2 is 1.94 bits per heavy atom. The van der Waals surface area contributed by atoms with Crippen molar-refractivity contribution >= 4 is 10.9 Å². The summed E-state index contributed by atoms with van der Waals surface area (Å²) in [6.07, 6.45) is 1.13. The van der Waals surface area contributed by atoms with Crippen molar-refractivity contribution in [3.05, 3.63) is 35.5 Å². The Morgan fingerprint density at radius 3 is 2.75 bits per heavy atom. The molecule has 2 atom stereocenters. The predicted molar refractivity (Wildman–Crippen MR) is 63.0 cm³/mol. The van der Waals surface area contributed by atoms with Crippen LogP contribution in [0.15, 0.2) is 24.3 Å². The SMILES string of the molecule is CC1Cc2c([nH]c3ccccc23)C(C)N1.[Cl-]. The quantitative estimate of drug-likeness (QED) is 0.649. The molecule has 86 valence electrons. The molecule has 0 fully saturated rings. The summed E-state index contributed by atoms with van der Waals surface area (Å²) in [6, 6.07) is 9.60. The van der Waals surface area contributed by atoms with Gasteiger partial charge < -0.3 is 22.7 Å². The van der Waals surface area contributed by atoms with Crippen LogP contribution in [0.2, 0.25) is 0 Å². The maximum absolute atomic E-state index is 3.57. The molecule has 1 aromatic heterocycles. The van der Waals surface area contributed by atoms with E-state index in [1.165, 1.54) is 22.2 Å². The van der Waals surface area contributed by atoms with Crippen molar-refractivity contribution in [3.63, 3.8) is 0 Å². The van der Waals surface area contributed by atoms with Crippen molar-refractivity contribution in [1.82, 2.24) is 10.3 Å². The largest absolute Gasteiger partial charge is 1.00 e. The summed E-state index contributed by atoms with van der Waals surface area (Å²) in [5.41, 5.74) is 4.14. The number of nitrogens with one attached hydrogen (secondary N) is 2. The van der Waals surface area contributed by atoms with Crippen molar-refractivity contribution in [2.75, 3.05) is 0 Å². The third kappa shape index (κ3) is 1.62. The Labute approximate surface area is 102 Å². The highest BCUT2D eigenvalue weighted by Crippen LogP contribution is 2.31. The van der Waals surface area contributed by atoms with Crippen LogP contribution in [0.5, 0.6) is 0 Å². The van der Waals surface area contributed by atoms with E-state index < -0.39 is 0 Å². The first-order valence-corrected chi connectivity index (χ1v) is 5.61. The summed E-state index contributed by atoms with van der Waals surface area (Å²) < 4.78 is 0. The van der Waals surface area contributed by atoms with Gasteiger partial charge in [-0.3, -0.25) is 0 Å². The summed E-state index contributed by atoms with van der Waals surface area (Å²) in [5, 5.41) is 4.96. The number of hydrogen-bond donors (Lipinski definition) is 2. The van der Waals surface area contributed by atoms with Gasteiger partial charge in [-0.1, -0.05) is 18.2 Å². The van der Waals surface area contributed by atoms with E-state index in [1.807, 2.05) is 0 Å². The van der Waals surface area contributed by atoms with E-state index in [1.54, 1.807) is 0 Å². The number of halogens is 1. The molecule has 0 saturated heterocycles. The molecule has 2 nitrogen and oxygen atoms in total. The van der Waals surface area contributed by atoms with Gasteiger partial charge in [-0.2, -0.15) is 0 Å². The molecule has 0 spiro atoms. The maximum atomic E-state index is 3.57. The van der Waals surface area contributed by atoms with E-state index in [2.05, 4.69) is 48.4 Å². The minimum Gasteiger partial charge on any atom is -1.00 e. The highest BCUT2D eigenvalue weighted by Gasteiger charge is 2.23. The Hall–Kier alpha value is -0.990. The smallest absolute Gasteiger partial charge is 0.0459 e. The van der Waals surface area contributed by atoms with E-state index in [0.29, 0.717) is 12.1 Å². The molecule has 2 unspecified atom stereocenters. The molecule has 1 aliphatic rings. The monoisotopic (exact) mass is 235 g/mol. The number of aromatic amines is 1. The first-order chi connectivity index (χ1) is 7.25. The van der Waals surface area contributed by atoms with E-state index in [4.69, 9.17) is 0 Å². The van der Waals surface area contributed by atoms with Gasteiger partial charge in [0.05, 0.1) is 0 Å². The van der Waals surface area contributed by atoms with Crippen molar-refractivity contribution in [2.45, 2.75) is 32.4 Å².